The van der Waals surface area contributed by atoms with E-state index in [1.54, 1.807) is 0 Å². The van der Waals surface area contributed by atoms with E-state index in [4.69, 9.17) is 37.0 Å². The summed E-state index contributed by atoms with van der Waals surface area (Å²) in [4.78, 5) is 73.0. The summed E-state index contributed by atoms with van der Waals surface area (Å²) in [5, 5.41) is 10.6. The van der Waals surface area contributed by atoms with Gasteiger partial charge in [-0.3, -0.25) is 37.3 Å². The molecule has 3 N–H and O–H groups in total. The van der Waals surface area contributed by atoms with Crippen LogP contribution in [0.5, 0.6) is 0 Å². The van der Waals surface area contributed by atoms with Crippen molar-refractivity contribution in [1.82, 2.24) is 0 Å². The highest BCUT2D eigenvalue weighted by Gasteiger charge is 2.30. The van der Waals surface area contributed by atoms with Crippen molar-refractivity contribution in [3.05, 3.63) is 0 Å². The number of hydrogen-bond donors (Lipinski definition) is 3. The van der Waals surface area contributed by atoms with Crippen LogP contribution in [-0.4, -0.2) is 96.7 Å². The number of rotatable bonds is 79. The fraction of sp³-hybridized carbons (Fsp3) is 0.951. The lowest BCUT2D eigenvalue weighted by Gasteiger charge is -2.21. The fourth-order valence-electron chi connectivity index (χ4n) is 12.5. The van der Waals surface area contributed by atoms with Gasteiger partial charge >= 0.3 is 39.5 Å². The summed E-state index contributed by atoms with van der Waals surface area (Å²) in [5.41, 5.74) is 0. The van der Waals surface area contributed by atoms with Crippen molar-refractivity contribution in [2.75, 3.05) is 39.6 Å². The largest absolute Gasteiger partial charge is 0.472 e. The van der Waals surface area contributed by atoms with Gasteiger partial charge in [0.05, 0.1) is 26.4 Å². The molecular formula is C81H158O17P2. The van der Waals surface area contributed by atoms with E-state index in [1.807, 2.05) is 0 Å². The average molecular weight is 1470 g/mol. The van der Waals surface area contributed by atoms with E-state index < -0.39 is 97.5 Å². The van der Waals surface area contributed by atoms with Gasteiger partial charge in [0.15, 0.2) is 12.2 Å². The Kier molecular flexibility index (Phi) is 69.9. The molecule has 0 fully saturated rings. The third kappa shape index (κ3) is 73.0. The standard InChI is InChI=1S/C81H158O17P2/c1-8-10-11-12-13-14-15-16-17-18-19-20-21-22-23-24-25-26-34-43-50-57-64-80(85)97-76(68-91-78(83)62-55-48-41-33-30-28-32-40-47-54-61-74(7)9-2)70-95-99(87,88)93-66-75(82)67-94-100(89,90)96-71-77(69-92-79(84)63-56-49-42-37-36-39-46-53-60-73(5)6)98-81(86)65-58-51-44-35-29-27-31-38-45-52-59-72(3)4/h72-77,82H,8-71H2,1-7H3,(H,87,88)(H,89,90)/t74?,75-,76-,77-/m1/s1. The zero-order chi connectivity index (χ0) is 73.7. The number of carbonyl (C=O) groups is 4. The summed E-state index contributed by atoms with van der Waals surface area (Å²) in [7, 11) is -9.92. The molecule has 0 aromatic heterocycles. The molecule has 100 heavy (non-hydrogen) atoms. The molecule has 0 aromatic carbocycles. The molecule has 0 amide bonds. The molecule has 0 radical (unpaired) electrons. The van der Waals surface area contributed by atoms with Crippen molar-refractivity contribution < 1.29 is 80.2 Å². The third-order valence-corrected chi connectivity index (χ3v) is 21.1. The summed E-state index contributed by atoms with van der Waals surface area (Å²) in [5.74, 6) is 0.174. The van der Waals surface area contributed by atoms with Gasteiger partial charge in [-0.25, -0.2) is 9.13 Å². The molecule has 0 saturated heterocycles. The van der Waals surface area contributed by atoms with Gasteiger partial charge in [0, 0.05) is 25.7 Å². The maximum Gasteiger partial charge on any atom is 0.472 e. The number of unbranched alkanes of at least 4 members (excludes halogenated alkanes) is 46. The molecule has 0 bridgehead atoms. The fourth-order valence-corrected chi connectivity index (χ4v) is 14.0. The molecule has 0 saturated carbocycles. The summed E-state index contributed by atoms with van der Waals surface area (Å²) in [6, 6.07) is 0. The molecule has 0 aliphatic rings. The van der Waals surface area contributed by atoms with E-state index in [1.165, 1.54) is 231 Å². The van der Waals surface area contributed by atoms with E-state index in [0.29, 0.717) is 25.7 Å². The minimum atomic E-state index is -4.96. The molecule has 6 atom stereocenters. The van der Waals surface area contributed by atoms with Crippen LogP contribution < -0.4 is 0 Å². The number of esters is 4. The highest BCUT2D eigenvalue weighted by atomic mass is 31.2. The van der Waals surface area contributed by atoms with Gasteiger partial charge in [0.1, 0.15) is 19.3 Å². The lowest BCUT2D eigenvalue weighted by Crippen LogP contribution is -2.30. The van der Waals surface area contributed by atoms with Crippen LogP contribution >= 0.6 is 15.6 Å². The molecule has 17 nitrogen and oxygen atoms in total. The zero-order valence-electron chi connectivity index (χ0n) is 65.7. The Morgan fingerprint density at radius 1 is 0.290 bits per heavy atom. The smallest absolute Gasteiger partial charge is 0.462 e. The van der Waals surface area contributed by atoms with Crippen molar-refractivity contribution >= 4 is 39.5 Å². The van der Waals surface area contributed by atoms with Crippen molar-refractivity contribution in [2.24, 2.45) is 17.8 Å². The third-order valence-electron chi connectivity index (χ3n) is 19.2. The van der Waals surface area contributed by atoms with E-state index in [0.717, 1.165) is 108 Å². The maximum atomic E-state index is 13.1. The van der Waals surface area contributed by atoms with E-state index in [2.05, 4.69) is 48.5 Å². The first-order valence-electron chi connectivity index (χ1n) is 41.9. The Labute approximate surface area is 613 Å². The number of aliphatic hydroxyl groups excluding tert-OH is 1. The Bertz CT molecular complexity index is 1940. The van der Waals surface area contributed by atoms with E-state index in [9.17, 15) is 43.2 Å². The number of hydrogen-bond acceptors (Lipinski definition) is 15. The molecule has 0 spiro atoms. The lowest BCUT2D eigenvalue weighted by molar-refractivity contribution is -0.161. The van der Waals surface area contributed by atoms with Crippen LogP contribution in [0.25, 0.3) is 0 Å². The van der Waals surface area contributed by atoms with E-state index in [-0.39, 0.29) is 25.7 Å². The SMILES string of the molecule is CCCCCCCCCCCCCCCCCCCCCCCCC(=O)O[C@H](COC(=O)CCCCCCCCCCCCC(C)CC)COP(=O)(O)OC[C@@H](O)COP(=O)(O)OC[C@@H](COC(=O)CCCCCCCCCCC(C)C)OC(=O)CCCCCCCCCCCCC(C)C. The molecular weight excluding hydrogens is 1310 g/mol. The monoisotopic (exact) mass is 1470 g/mol. The van der Waals surface area contributed by atoms with Gasteiger partial charge < -0.3 is 33.8 Å². The number of ether oxygens (including phenoxy) is 4. The van der Waals surface area contributed by atoms with Gasteiger partial charge in [-0.05, 0) is 43.4 Å². The summed E-state index contributed by atoms with van der Waals surface area (Å²) in [6.45, 7) is 11.9. The number of aliphatic hydroxyl groups is 1. The Morgan fingerprint density at radius 3 is 0.760 bits per heavy atom. The Hall–Kier alpha value is -1.94. The van der Waals surface area contributed by atoms with Crippen LogP contribution in [-0.2, 0) is 65.4 Å². The predicted octanol–water partition coefficient (Wildman–Crippen LogP) is 24.1. The minimum Gasteiger partial charge on any atom is -0.462 e. The van der Waals surface area contributed by atoms with Crippen LogP contribution in [0.15, 0.2) is 0 Å². The average Bonchev–Trinajstić information content (AvgIpc) is 1.62. The van der Waals surface area contributed by atoms with Gasteiger partial charge in [-0.15, -0.1) is 0 Å². The lowest BCUT2D eigenvalue weighted by atomic mass is 9.99. The van der Waals surface area contributed by atoms with Crippen molar-refractivity contribution in [3.8, 4) is 0 Å². The highest BCUT2D eigenvalue weighted by Crippen LogP contribution is 2.45. The predicted molar refractivity (Wildman–Crippen MR) is 409 cm³/mol. The van der Waals surface area contributed by atoms with E-state index >= 15 is 0 Å². The molecule has 0 aliphatic heterocycles. The first-order chi connectivity index (χ1) is 48.3. The van der Waals surface area contributed by atoms with Gasteiger partial charge in [-0.2, -0.15) is 0 Å². The molecule has 3 unspecified atom stereocenters. The molecule has 0 aliphatic carbocycles. The molecule has 0 aromatic rings. The second-order valence-corrected chi connectivity index (χ2v) is 33.3. The second-order valence-electron chi connectivity index (χ2n) is 30.4. The summed E-state index contributed by atoms with van der Waals surface area (Å²) < 4.78 is 68.7. The Morgan fingerprint density at radius 2 is 0.510 bits per heavy atom. The van der Waals surface area contributed by atoms with Crippen LogP contribution in [0.1, 0.15) is 421 Å². The van der Waals surface area contributed by atoms with Gasteiger partial charge in [0.25, 0.3) is 0 Å². The van der Waals surface area contributed by atoms with Crippen LogP contribution in [0.4, 0.5) is 0 Å². The maximum absolute atomic E-state index is 13.1. The zero-order valence-corrected chi connectivity index (χ0v) is 67.5. The molecule has 19 heteroatoms. The highest BCUT2D eigenvalue weighted by molar-refractivity contribution is 7.47. The molecule has 0 rings (SSSR count). The number of carbonyl (C=O) groups excluding carboxylic acids is 4. The second kappa shape index (κ2) is 71.3. The van der Waals surface area contributed by atoms with Crippen molar-refractivity contribution in [3.63, 3.8) is 0 Å². The van der Waals surface area contributed by atoms with Gasteiger partial charge in [0.2, 0.25) is 0 Å². The minimum absolute atomic E-state index is 0.105. The van der Waals surface area contributed by atoms with Crippen LogP contribution in [0, 0.1) is 17.8 Å². The van der Waals surface area contributed by atoms with Crippen molar-refractivity contribution in [1.29, 1.82) is 0 Å². The normalized spacial score (nSPS) is 14.2. The van der Waals surface area contributed by atoms with Crippen LogP contribution in [0.2, 0.25) is 0 Å². The summed E-state index contributed by atoms with van der Waals surface area (Å²) in [6.07, 6.45) is 59.8. The number of phosphoric acid groups is 2. The first kappa shape index (κ1) is 98.1. The molecule has 0 heterocycles. The topological polar surface area (TPSA) is 237 Å². The quantitative estimate of drug-likeness (QED) is 0.0222. The van der Waals surface area contributed by atoms with Gasteiger partial charge in [-0.1, -0.05) is 370 Å². The van der Waals surface area contributed by atoms with Crippen molar-refractivity contribution in [2.45, 2.75) is 439 Å². The van der Waals surface area contributed by atoms with Crippen LogP contribution in [0.3, 0.4) is 0 Å². The number of phosphoric ester groups is 2. The summed E-state index contributed by atoms with van der Waals surface area (Å²) >= 11 is 0. The first-order valence-corrected chi connectivity index (χ1v) is 44.9. The molecule has 594 valence electrons. The Balaban J connectivity index is 5.22.